The maximum absolute atomic E-state index is 10.6. The highest BCUT2D eigenvalue weighted by Crippen LogP contribution is 2.33. The largest absolute Gasteiger partial charge is 0.366 e. The fraction of sp³-hybridized carbons (Fsp3) is 0. The van der Waals surface area contributed by atoms with Gasteiger partial charge in [0.15, 0.2) is 0 Å². The Morgan fingerprint density at radius 3 is 2.56 bits per heavy atom. The van der Waals surface area contributed by atoms with Crippen molar-refractivity contribution in [3.05, 3.63) is 43.9 Å². The fourth-order valence-corrected chi connectivity index (χ4v) is 1.58. The summed E-state index contributed by atoms with van der Waals surface area (Å²) in [6.07, 6.45) is 2.26. The quantitative estimate of drug-likeness (QED) is 0.514. The summed E-state index contributed by atoms with van der Waals surface area (Å²) >= 11 is 11.5. The third-order valence-corrected chi connectivity index (χ3v) is 2.44. The zero-order valence-corrected chi connectivity index (χ0v) is 9.33. The first kappa shape index (κ1) is 12.5. The van der Waals surface area contributed by atoms with E-state index in [4.69, 9.17) is 28.9 Å². The van der Waals surface area contributed by atoms with Gasteiger partial charge in [0.1, 0.15) is 5.02 Å². The molecule has 0 aliphatic carbocycles. The average Bonchev–Trinajstić information content (AvgIpc) is 2.16. The van der Waals surface area contributed by atoms with Crippen molar-refractivity contribution in [3.63, 3.8) is 0 Å². The highest BCUT2D eigenvalue weighted by molar-refractivity contribution is 6.38. The molecule has 0 saturated carbocycles. The van der Waals surface area contributed by atoms with Gasteiger partial charge in [-0.05, 0) is 12.1 Å². The molecule has 0 atom stereocenters. The van der Waals surface area contributed by atoms with Gasteiger partial charge in [0.05, 0.1) is 4.92 Å². The van der Waals surface area contributed by atoms with Crippen molar-refractivity contribution >= 4 is 40.9 Å². The van der Waals surface area contributed by atoms with Crippen molar-refractivity contribution in [2.75, 3.05) is 0 Å². The number of carbonyl (C=O) groups excluding carboxylic acids is 1. The first-order valence-corrected chi connectivity index (χ1v) is 4.79. The zero-order chi connectivity index (χ0) is 12.3. The molecule has 0 spiro atoms. The number of nitrogens with zero attached hydrogens (tertiary/aromatic N) is 1. The Morgan fingerprint density at radius 2 is 2.06 bits per heavy atom. The first-order chi connectivity index (χ1) is 7.43. The minimum Gasteiger partial charge on any atom is -0.366 e. The standard InChI is InChI=1S/C9H6Cl2N2O3/c10-6-2-3-7(13(15)16)9(11)5(6)1-4-8(12)14/h1-4H,(H2,12,14)/b4-1+. The van der Waals surface area contributed by atoms with Crippen molar-refractivity contribution in [2.24, 2.45) is 5.73 Å². The number of amides is 1. The normalized spacial score (nSPS) is 10.6. The van der Waals surface area contributed by atoms with Crippen LogP contribution in [0.5, 0.6) is 0 Å². The van der Waals surface area contributed by atoms with Crippen LogP contribution in [0.15, 0.2) is 18.2 Å². The molecular formula is C9H6Cl2N2O3. The van der Waals surface area contributed by atoms with Crippen LogP contribution in [0.3, 0.4) is 0 Å². The van der Waals surface area contributed by atoms with Crippen molar-refractivity contribution in [3.8, 4) is 0 Å². The topological polar surface area (TPSA) is 86.2 Å². The van der Waals surface area contributed by atoms with Gasteiger partial charge in [0.2, 0.25) is 5.91 Å². The maximum Gasteiger partial charge on any atom is 0.288 e. The number of halogens is 2. The number of benzene rings is 1. The molecule has 0 bridgehead atoms. The Morgan fingerprint density at radius 1 is 1.44 bits per heavy atom. The summed E-state index contributed by atoms with van der Waals surface area (Å²) in [5.74, 6) is -0.696. The van der Waals surface area contributed by atoms with Gasteiger partial charge in [0, 0.05) is 22.7 Å². The van der Waals surface area contributed by atoms with E-state index in [1.54, 1.807) is 0 Å². The van der Waals surface area contributed by atoms with Gasteiger partial charge in [-0.25, -0.2) is 0 Å². The highest BCUT2D eigenvalue weighted by Gasteiger charge is 2.16. The van der Waals surface area contributed by atoms with E-state index in [2.05, 4.69) is 0 Å². The Labute approximate surface area is 101 Å². The van der Waals surface area contributed by atoms with Crippen LogP contribution in [0.1, 0.15) is 5.56 Å². The third kappa shape index (κ3) is 2.71. The van der Waals surface area contributed by atoms with Gasteiger partial charge < -0.3 is 5.73 Å². The van der Waals surface area contributed by atoms with E-state index in [0.717, 1.165) is 6.08 Å². The molecule has 16 heavy (non-hydrogen) atoms. The second-order valence-electron chi connectivity index (χ2n) is 2.79. The van der Waals surface area contributed by atoms with Crippen molar-refractivity contribution in [2.45, 2.75) is 0 Å². The molecule has 0 radical (unpaired) electrons. The monoisotopic (exact) mass is 260 g/mol. The molecule has 1 rings (SSSR count). The van der Waals surface area contributed by atoms with Crippen LogP contribution in [0, 0.1) is 10.1 Å². The lowest BCUT2D eigenvalue weighted by Gasteiger charge is -2.02. The van der Waals surface area contributed by atoms with Crippen molar-refractivity contribution in [1.29, 1.82) is 0 Å². The summed E-state index contributed by atoms with van der Waals surface area (Å²) in [6, 6.07) is 2.51. The van der Waals surface area contributed by atoms with E-state index in [-0.39, 0.29) is 21.3 Å². The van der Waals surface area contributed by atoms with Gasteiger partial charge in [-0.15, -0.1) is 0 Å². The summed E-state index contributed by atoms with van der Waals surface area (Å²) in [7, 11) is 0. The summed E-state index contributed by atoms with van der Waals surface area (Å²) in [5.41, 5.74) is 4.80. The molecule has 1 amide bonds. The zero-order valence-electron chi connectivity index (χ0n) is 7.81. The Hall–Kier alpha value is -1.59. The maximum atomic E-state index is 10.6. The molecule has 0 aliphatic rings. The second kappa shape index (κ2) is 4.96. The Kier molecular flexibility index (Phi) is 3.87. The number of rotatable bonds is 3. The van der Waals surface area contributed by atoms with Gasteiger partial charge in [-0.1, -0.05) is 23.2 Å². The van der Waals surface area contributed by atoms with Crippen LogP contribution in [0.25, 0.3) is 6.08 Å². The van der Waals surface area contributed by atoms with Crippen LogP contribution < -0.4 is 5.73 Å². The Bertz CT molecular complexity index is 486. The van der Waals surface area contributed by atoms with Crippen molar-refractivity contribution < 1.29 is 9.72 Å². The lowest BCUT2D eigenvalue weighted by atomic mass is 10.2. The van der Waals surface area contributed by atoms with Gasteiger partial charge in [0.25, 0.3) is 5.69 Å². The number of nitro groups is 1. The predicted octanol–water partition coefficient (Wildman–Crippen LogP) is 2.40. The summed E-state index contributed by atoms with van der Waals surface area (Å²) < 4.78 is 0. The number of nitro benzene ring substituents is 1. The molecule has 0 saturated heterocycles. The number of primary amides is 1. The van der Waals surface area contributed by atoms with Gasteiger partial charge >= 0.3 is 0 Å². The SMILES string of the molecule is NC(=O)/C=C/c1c(Cl)ccc([N+](=O)[O-])c1Cl. The fourth-order valence-electron chi connectivity index (χ4n) is 1.02. The van der Waals surface area contributed by atoms with Crippen LogP contribution >= 0.6 is 23.2 Å². The summed E-state index contributed by atoms with van der Waals surface area (Å²) in [5, 5.41) is 10.7. The summed E-state index contributed by atoms with van der Waals surface area (Å²) in [4.78, 5) is 20.5. The molecule has 0 aromatic heterocycles. The first-order valence-electron chi connectivity index (χ1n) is 4.03. The van der Waals surface area contributed by atoms with E-state index >= 15 is 0 Å². The second-order valence-corrected chi connectivity index (χ2v) is 3.57. The molecule has 1 aromatic carbocycles. The minimum atomic E-state index is -0.696. The number of hydrogen-bond acceptors (Lipinski definition) is 3. The number of carbonyl (C=O) groups is 1. The third-order valence-electron chi connectivity index (χ3n) is 1.72. The van der Waals surface area contributed by atoms with E-state index in [9.17, 15) is 14.9 Å². The van der Waals surface area contributed by atoms with Crippen LogP contribution in [-0.4, -0.2) is 10.8 Å². The van der Waals surface area contributed by atoms with Crippen LogP contribution in [-0.2, 0) is 4.79 Å². The molecular weight excluding hydrogens is 255 g/mol. The average molecular weight is 261 g/mol. The smallest absolute Gasteiger partial charge is 0.288 e. The molecule has 0 aliphatic heterocycles. The molecule has 0 heterocycles. The van der Waals surface area contributed by atoms with E-state index in [0.29, 0.717) is 0 Å². The molecule has 2 N–H and O–H groups in total. The van der Waals surface area contributed by atoms with Gasteiger partial charge in [-0.3, -0.25) is 14.9 Å². The van der Waals surface area contributed by atoms with E-state index < -0.39 is 10.8 Å². The lowest BCUT2D eigenvalue weighted by Crippen LogP contribution is -2.05. The molecule has 7 heteroatoms. The number of hydrogen-bond donors (Lipinski definition) is 1. The predicted molar refractivity (Wildman–Crippen MR) is 61.3 cm³/mol. The molecule has 84 valence electrons. The minimum absolute atomic E-state index is 0.130. The highest BCUT2D eigenvalue weighted by atomic mass is 35.5. The van der Waals surface area contributed by atoms with Crippen LogP contribution in [0.4, 0.5) is 5.69 Å². The van der Waals surface area contributed by atoms with Crippen LogP contribution in [0.2, 0.25) is 10.0 Å². The lowest BCUT2D eigenvalue weighted by molar-refractivity contribution is -0.384. The molecule has 0 fully saturated rings. The molecule has 5 nitrogen and oxygen atoms in total. The van der Waals surface area contributed by atoms with E-state index in [1.807, 2.05) is 0 Å². The van der Waals surface area contributed by atoms with Crippen molar-refractivity contribution in [1.82, 2.24) is 0 Å². The van der Waals surface area contributed by atoms with E-state index in [1.165, 1.54) is 18.2 Å². The Balaban J connectivity index is 3.32. The summed E-state index contributed by atoms with van der Waals surface area (Å²) in [6.45, 7) is 0. The molecule has 0 unspecified atom stereocenters. The van der Waals surface area contributed by atoms with Gasteiger partial charge in [-0.2, -0.15) is 0 Å². The number of nitrogens with two attached hydrogens (primary N) is 1. The molecule has 1 aromatic rings.